The maximum atomic E-state index is 11.8. The monoisotopic (exact) mass is 421 g/mol. The van der Waals surface area contributed by atoms with Gasteiger partial charge in [0, 0.05) is 64.6 Å². The average Bonchev–Trinajstić information content (AvgIpc) is 3.22. The summed E-state index contributed by atoms with van der Waals surface area (Å²) in [6.07, 6.45) is 5.24. The summed E-state index contributed by atoms with van der Waals surface area (Å²) in [7, 11) is 0. The third-order valence-corrected chi connectivity index (χ3v) is 5.73. The van der Waals surface area contributed by atoms with E-state index >= 15 is 0 Å². The number of anilines is 1. The first-order valence-corrected chi connectivity index (χ1v) is 11.1. The molecule has 1 N–H and O–H groups in total. The molecule has 0 saturated carbocycles. The SMILES string of the molecule is CCNC(=NCc1ccc(CN2CCCC2=O)cc1)N1CCN(c2ncccn2)CC1. The maximum Gasteiger partial charge on any atom is 0.225 e. The van der Waals surface area contributed by atoms with Crippen LogP contribution in [0.1, 0.15) is 30.9 Å². The third kappa shape index (κ3) is 5.51. The predicted octanol–water partition coefficient (Wildman–Crippen LogP) is 1.89. The molecular formula is C23H31N7O. The van der Waals surface area contributed by atoms with Crippen LogP contribution in [-0.2, 0) is 17.9 Å². The predicted molar refractivity (Wildman–Crippen MR) is 122 cm³/mol. The lowest BCUT2D eigenvalue weighted by molar-refractivity contribution is -0.128. The summed E-state index contributed by atoms with van der Waals surface area (Å²) in [6, 6.07) is 10.3. The van der Waals surface area contributed by atoms with E-state index in [9.17, 15) is 4.79 Å². The molecule has 164 valence electrons. The molecule has 2 saturated heterocycles. The van der Waals surface area contributed by atoms with E-state index in [1.807, 2.05) is 11.0 Å². The van der Waals surface area contributed by atoms with Crippen molar-refractivity contribution in [3.8, 4) is 0 Å². The minimum absolute atomic E-state index is 0.267. The Hall–Kier alpha value is -3.16. The topological polar surface area (TPSA) is 77.0 Å². The summed E-state index contributed by atoms with van der Waals surface area (Å²) in [5, 5.41) is 3.42. The lowest BCUT2D eigenvalue weighted by atomic mass is 10.1. The number of amides is 1. The summed E-state index contributed by atoms with van der Waals surface area (Å²) in [5.41, 5.74) is 2.34. The number of carbonyl (C=O) groups excluding carboxylic acids is 1. The zero-order valence-corrected chi connectivity index (χ0v) is 18.2. The molecule has 3 heterocycles. The minimum Gasteiger partial charge on any atom is -0.357 e. The smallest absolute Gasteiger partial charge is 0.225 e. The largest absolute Gasteiger partial charge is 0.357 e. The molecule has 1 aromatic heterocycles. The van der Waals surface area contributed by atoms with Crippen molar-refractivity contribution in [3.63, 3.8) is 0 Å². The molecule has 1 aromatic carbocycles. The van der Waals surface area contributed by atoms with Crippen LogP contribution in [0.25, 0.3) is 0 Å². The van der Waals surface area contributed by atoms with Crippen molar-refractivity contribution < 1.29 is 4.79 Å². The Morgan fingerprint density at radius 1 is 1.03 bits per heavy atom. The molecule has 0 atom stereocenters. The van der Waals surface area contributed by atoms with Crippen LogP contribution in [0, 0.1) is 0 Å². The molecule has 1 amide bonds. The molecule has 4 rings (SSSR count). The van der Waals surface area contributed by atoms with Crippen LogP contribution >= 0.6 is 0 Å². The van der Waals surface area contributed by atoms with E-state index in [1.165, 1.54) is 11.1 Å². The second kappa shape index (κ2) is 10.2. The summed E-state index contributed by atoms with van der Waals surface area (Å²) in [6.45, 7) is 8.66. The van der Waals surface area contributed by atoms with E-state index in [1.54, 1.807) is 12.4 Å². The normalized spacial score (nSPS) is 17.4. The number of hydrogen-bond acceptors (Lipinski definition) is 5. The number of benzene rings is 1. The molecule has 0 aliphatic carbocycles. The standard InChI is InChI=1S/C23H31N7O/c1-2-24-22(28-13-15-29(16-14-28)23-25-10-4-11-26-23)27-17-19-6-8-20(9-7-19)18-30-12-3-5-21(30)31/h4,6-11H,2-3,5,12-18H2,1H3,(H,24,27). The molecule has 0 bridgehead atoms. The van der Waals surface area contributed by atoms with Gasteiger partial charge in [0.2, 0.25) is 11.9 Å². The highest BCUT2D eigenvalue weighted by Crippen LogP contribution is 2.15. The number of hydrogen-bond donors (Lipinski definition) is 1. The number of likely N-dealkylation sites (tertiary alicyclic amines) is 1. The Morgan fingerprint density at radius 2 is 1.74 bits per heavy atom. The van der Waals surface area contributed by atoms with Crippen LogP contribution in [-0.4, -0.2) is 70.9 Å². The number of piperazine rings is 1. The van der Waals surface area contributed by atoms with Crippen LogP contribution in [0.5, 0.6) is 0 Å². The maximum absolute atomic E-state index is 11.8. The van der Waals surface area contributed by atoms with Crippen LogP contribution in [0.3, 0.4) is 0 Å². The Kier molecular flexibility index (Phi) is 6.96. The highest BCUT2D eigenvalue weighted by atomic mass is 16.2. The van der Waals surface area contributed by atoms with Crippen LogP contribution in [0.15, 0.2) is 47.7 Å². The number of nitrogens with one attached hydrogen (secondary N) is 1. The Balaban J connectivity index is 1.33. The zero-order valence-electron chi connectivity index (χ0n) is 18.2. The van der Waals surface area contributed by atoms with Crippen LogP contribution in [0.4, 0.5) is 5.95 Å². The number of aromatic nitrogens is 2. The highest BCUT2D eigenvalue weighted by Gasteiger charge is 2.21. The van der Waals surface area contributed by atoms with E-state index in [2.05, 4.69) is 56.3 Å². The van der Waals surface area contributed by atoms with Gasteiger partial charge >= 0.3 is 0 Å². The van der Waals surface area contributed by atoms with Crippen molar-refractivity contribution in [2.75, 3.05) is 44.2 Å². The molecule has 2 fully saturated rings. The second-order valence-corrected chi connectivity index (χ2v) is 7.93. The van der Waals surface area contributed by atoms with Gasteiger partial charge in [-0.25, -0.2) is 15.0 Å². The Bertz CT molecular complexity index is 877. The lowest BCUT2D eigenvalue weighted by Gasteiger charge is -2.36. The summed E-state index contributed by atoms with van der Waals surface area (Å²) >= 11 is 0. The fraction of sp³-hybridized carbons (Fsp3) is 0.478. The number of carbonyl (C=O) groups is 1. The Morgan fingerprint density at radius 3 is 2.39 bits per heavy atom. The van der Waals surface area contributed by atoms with Gasteiger partial charge < -0.3 is 20.0 Å². The number of guanidine groups is 1. The second-order valence-electron chi connectivity index (χ2n) is 7.93. The third-order valence-electron chi connectivity index (χ3n) is 5.73. The van der Waals surface area contributed by atoms with Crippen molar-refractivity contribution >= 4 is 17.8 Å². The van der Waals surface area contributed by atoms with Gasteiger partial charge in [-0.3, -0.25) is 4.79 Å². The van der Waals surface area contributed by atoms with E-state index in [0.29, 0.717) is 19.5 Å². The van der Waals surface area contributed by atoms with Crippen molar-refractivity contribution in [2.24, 2.45) is 4.99 Å². The molecule has 8 heteroatoms. The summed E-state index contributed by atoms with van der Waals surface area (Å²) in [4.78, 5) is 31.9. The van der Waals surface area contributed by atoms with Gasteiger partial charge in [0.05, 0.1) is 6.54 Å². The van der Waals surface area contributed by atoms with Gasteiger partial charge in [0.15, 0.2) is 5.96 Å². The average molecular weight is 422 g/mol. The molecule has 2 aromatic rings. The number of aliphatic imine (C=N–C) groups is 1. The summed E-state index contributed by atoms with van der Waals surface area (Å²) in [5.74, 6) is 2.01. The first-order valence-electron chi connectivity index (χ1n) is 11.1. The van der Waals surface area contributed by atoms with Crippen molar-refractivity contribution in [3.05, 3.63) is 53.9 Å². The van der Waals surface area contributed by atoms with Gasteiger partial charge in [-0.05, 0) is 30.5 Å². The summed E-state index contributed by atoms with van der Waals surface area (Å²) < 4.78 is 0. The van der Waals surface area contributed by atoms with Gasteiger partial charge in [-0.15, -0.1) is 0 Å². The molecule has 31 heavy (non-hydrogen) atoms. The first kappa shape index (κ1) is 21.1. The Labute approximate surface area is 184 Å². The van der Waals surface area contributed by atoms with Crippen molar-refractivity contribution in [1.29, 1.82) is 0 Å². The fourth-order valence-electron chi connectivity index (χ4n) is 4.01. The van der Waals surface area contributed by atoms with Gasteiger partial charge in [0.1, 0.15) is 0 Å². The van der Waals surface area contributed by atoms with Crippen LogP contribution in [0.2, 0.25) is 0 Å². The van der Waals surface area contributed by atoms with Crippen molar-refractivity contribution in [1.82, 2.24) is 25.1 Å². The van der Waals surface area contributed by atoms with E-state index in [4.69, 9.17) is 4.99 Å². The van der Waals surface area contributed by atoms with Gasteiger partial charge in [0.25, 0.3) is 0 Å². The number of rotatable bonds is 6. The highest BCUT2D eigenvalue weighted by molar-refractivity contribution is 5.80. The molecular weight excluding hydrogens is 390 g/mol. The molecule has 0 unspecified atom stereocenters. The first-order chi connectivity index (χ1) is 15.2. The quantitative estimate of drug-likeness (QED) is 0.567. The van der Waals surface area contributed by atoms with Gasteiger partial charge in [-0.2, -0.15) is 0 Å². The number of nitrogens with zero attached hydrogens (tertiary/aromatic N) is 6. The molecule has 0 spiro atoms. The van der Waals surface area contributed by atoms with Crippen LogP contribution < -0.4 is 10.2 Å². The molecule has 8 nitrogen and oxygen atoms in total. The fourth-order valence-corrected chi connectivity index (χ4v) is 4.01. The van der Waals surface area contributed by atoms with Gasteiger partial charge in [-0.1, -0.05) is 24.3 Å². The molecule has 2 aliphatic heterocycles. The van der Waals surface area contributed by atoms with E-state index in [0.717, 1.165) is 57.6 Å². The van der Waals surface area contributed by atoms with E-state index < -0.39 is 0 Å². The molecule has 0 radical (unpaired) electrons. The van der Waals surface area contributed by atoms with E-state index in [-0.39, 0.29) is 5.91 Å². The minimum atomic E-state index is 0.267. The lowest BCUT2D eigenvalue weighted by Crippen LogP contribution is -2.52. The molecule has 2 aliphatic rings. The zero-order chi connectivity index (χ0) is 21.5. The van der Waals surface area contributed by atoms with Crippen molar-refractivity contribution in [2.45, 2.75) is 32.9 Å².